The number of methoxy groups -OCH3 is 1. The summed E-state index contributed by atoms with van der Waals surface area (Å²) < 4.78 is 9.22. The van der Waals surface area contributed by atoms with E-state index in [1.807, 2.05) is 11.8 Å². The first-order valence-electron chi connectivity index (χ1n) is 17.2. The molecule has 8 heteroatoms. The molecular formula is C42H50BrIN4OS. The molecule has 6 rings (SSSR count). The van der Waals surface area contributed by atoms with Gasteiger partial charge in [-0.2, -0.15) is 4.57 Å². The van der Waals surface area contributed by atoms with Crippen molar-refractivity contribution >= 4 is 40.2 Å². The molecule has 0 fully saturated rings. The standard InChI is InChI=1S/C42H50N4OS.BrH.HI/c1-7-8-24-44(25-15-26-46(4,5)31-33-17-14-16-32(2)27-33)41-28-34(29-42-43(3)38-20-12-13-21-40(38)48-42)37-23-22-36(47-6)30-39(37)45(41)35-18-10-9-11-19-35;;/h9-14,16-23,27-30H,7-8,15,24-26,31H2,1-6H3;2*1H/q+2;;/p-2. The summed E-state index contributed by atoms with van der Waals surface area (Å²) in [6.07, 6.45) is 5.75. The number of rotatable bonds is 13. The smallest absolute Gasteiger partial charge is 0.282 e. The minimum atomic E-state index is 0. The summed E-state index contributed by atoms with van der Waals surface area (Å²) in [6, 6.07) is 37.4. The molecule has 0 saturated carbocycles. The van der Waals surface area contributed by atoms with Crippen molar-refractivity contribution in [3.05, 3.63) is 125 Å². The number of thioether (sulfide) groups is 1. The molecule has 264 valence electrons. The van der Waals surface area contributed by atoms with Crippen LogP contribution < -0.4 is 60.1 Å². The average Bonchev–Trinajstić information content (AvgIpc) is 3.40. The second-order valence-corrected chi connectivity index (χ2v) is 14.7. The van der Waals surface area contributed by atoms with Crippen LogP contribution in [0.2, 0.25) is 0 Å². The number of anilines is 2. The van der Waals surface area contributed by atoms with Crippen LogP contribution in [0.3, 0.4) is 0 Å². The zero-order valence-electron chi connectivity index (χ0n) is 30.2. The van der Waals surface area contributed by atoms with E-state index in [-0.39, 0.29) is 41.0 Å². The Balaban J connectivity index is 0.00000281. The van der Waals surface area contributed by atoms with Crippen molar-refractivity contribution in [3.8, 4) is 11.4 Å². The van der Waals surface area contributed by atoms with Gasteiger partial charge < -0.3 is 55.1 Å². The highest BCUT2D eigenvalue weighted by Gasteiger charge is 2.28. The van der Waals surface area contributed by atoms with Crippen molar-refractivity contribution in [1.29, 1.82) is 0 Å². The first-order valence-corrected chi connectivity index (χ1v) is 18.0. The minimum absolute atomic E-state index is 0. The molecule has 5 aromatic rings. The van der Waals surface area contributed by atoms with Gasteiger partial charge in [0, 0.05) is 41.4 Å². The second-order valence-electron chi connectivity index (χ2n) is 13.6. The van der Waals surface area contributed by atoms with Crippen molar-refractivity contribution in [2.75, 3.05) is 57.7 Å². The lowest BCUT2D eigenvalue weighted by Gasteiger charge is -2.31. The quantitative estimate of drug-likeness (QED) is 0.103. The zero-order valence-corrected chi connectivity index (χ0v) is 34.8. The van der Waals surface area contributed by atoms with Crippen LogP contribution in [-0.4, -0.2) is 52.4 Å². The summed E-state index contributed by atoms with van der Waals surface area (Å²) in [7, 11) is 8.66. The van der Waals surface area contributed by atoms with Gasteiger partial charge in [-0.25, -0.2) is 0 Å². The van der Waals surface area contributed by atoms with E-state index in [2.05, 4.69) is 159 Å². The van der Waals surface area contributed by atoms with Crippen molar-refractivity contribution in [1.82, 2.24) is 0 Å². The first kappa shape index (κ1) is 39.7. The van der Waals surface area contributed by atoms with Gasteiger partial charge in [-0.05, 0) is 61.4 Å². The Hall–Kier alpha value is -3.05. The first-order chi connectivity index (χ1) is 23.3. The number of fused-ring (bicyclic) bond motifs is 2. The molecular weight excluding hydrogens is 815 g/mol. The number of hydrogen-bond donors (Lipinski definition) is 0. The van der Waals surface area contributed by atoms with E-state index in [0.717, 1.165) is 66.9 Å². The summed E-state index contributed by atoms with van der Waals surface area (Å²) in [4.78, 5) is 6.24. The molecule has 0 spiro atoms. The summed E-state index contributed by atoms with van der Waals surface area (Å²) in [6.45, 7) is 8.58. The molecule has 0 radical (unpaired) electrons. The maximum Gasteiger partial charge on any atom is 0.282 e. The Morgan fingerprint density at radius 3 is 2.34 bits per heavy atom. The number of para-hydroxylation sites is 2. The highest BCUT2D eigenvalue weighted by atomic mass is 127. The summed E-state index contributed by atoms with van der Waals surface area (Å²) in [5.41, 5.74) is 7.50. The van der Waals surface area contributed by atoms with Gasteiger partial charge >= 0.3 is 0 Å². The number of aromatic nitrogens is 1. The maximum absolute atomic E-state index is 5.81. The van der Waals surface area contributed by atoms with Crippen LogP contribution in [0.5, 0.6) is 5.75 Å². The Morgan fingerprint density at radius 1 is 0.880 bits per heavy atom. The van der Waals surface area contributed by atoms with Crippen molar-refractivity contribution < 1.29 is 54.7 Å². The number of benzene rings is 4. The zero-order chi connectivity index (χ0) is 33.7. The third kappa shape index (κ3) is 9.24. The number of nitrogens with zero attached hydrogens (tertiary/aromatic N) is 4. The van der Waals surface area contributed by atoms with Crippen LogP contribution in [0.15, 0.2) is 113 Å². The Labute approximate surface area is 331 Å². The van der Waals surface area contributed by atoms with Gasteiger partial charge in [0.25, 0.3) is 5.82 Å². The summed E-state index contributed by atoms with van der Waals surface area (Å²) in [5, 5.41) is 2.43. The lowest BCUT2D eigenvalue weighted by molar-refractivity contribution is -0.903. The second kappa shape index (κ2) is 17.9. The number of pyridine rings is 1. The van der Waals surface area contributed by atoms with Crippen molar-refractivity contribution in [2.24, 2.45) is 0 Å². The number of hydrogen-bond acceptors (Lipinski definition) is 4. The number of quaternary nitrogens is 1. The van der Waals surface area contributed by atoms with Crippen LogP contribution >= 0.6 is 11.8 Å². The molecule has 0 amide bonds. The maximum atomic E-state index is 5.81. The van der Waals surface area contributed by atoms with E-state index >= 15 is 0 Å². The van der Waals surface area contributed by atoms with Gasteiger partial charge in [0.15, 0.2) is 0 Å². The minimum Gasteiger partial charge on any atom is -1.00 e. The van der Waals surface area contributed by atoms with E-state index < -0.39 is 0 Å². The molecule has 0 saturated heterocycles. The largest absolute Gasteiger partial charge is 1.00 e. The average molecular weight is 866 g/mol. The highest BCUT2D eigenvalue weighted by molar-refractivity contribution is 8.03. The van der Waals surface area contributed by atoms with Crippen LogP contribution in [0.25, 0.3) is 22.7 Å². The highest BCUT2D eigenvalue weighted by Crippen LogP contribution is 2.46. The van der Waals surface area contributed by atoms with Gasteiger partial charge in [0.1, 0.15) is 23.5 Å². The molecule has 2 heterocycles. The fourth-order valence-corrected chi connectivity index (χ4v) is 7.92. The monoisotopic (exact) mass is 864 g/mol. The molecule has 4 aromatic carbocycles. The lowest BCUT2D eigenvalue weighted by Crippen LogP contribution is -3.00. The van der Waals surface area contributed by atoms with Crippen LogP contribution in [0.1, 0.15) is 42.9 Å². The van der Waals surface area contributed by atoms with Crippen LogP contribution in [0, 0.1) is 6.92 Å². The van der Waals surface area contributed by atoms with E-state index in [1.54, 1.807) is 7.11 Å². The Morgan fingerprint density at radius 2 is 1.62 bits per heavy atom. The molecule has 50 heavy (non-hydrogen) atoms. The summed E-state index contributed by atoms with van der Waals surface area (Å²) >= 11 is 1.84. The molecule has 0 aliphatic carbocycles. The lowest BCUT2D eigenvalue weighted by atomic mass is 10.1. The van der Waals surface area contributed by atoms with Gasteiger partial charge in [0.2, 0.25) is 0 Å². The molecule has 0 atom stereocenters. The number of halogens is 2. The van der Waals surface area contributed by atoms with E-state index in [1.165, 1.54) is 43.5 Å². The molecule has 0 unspecified atom stereocenters. The fourth-order valence-electron chi connectivity index (χ4n) is 6.82. The third-order valence-corrected chi connectivity index (χ3v) is 10.5. The molecule has 0 N–H and O–H groups in total. The predicted molar refractivity (Wildman–Crippen MR) is 204 cm³/mol. The normalized spacial score (nSPS) is 13.2. The van der Waals surface area contributed by atoms with Gasteiger partial charge in [0.05, 0.1) is 51.6 Å². The van der Waals surface area contributed by atoms with Crippen LogP contribution in [-0.2, 0) is 6.54 Å². The van der Waals surface area contributed by atoms with E-state index in [0.29, 0.717) is 0 Å². The van der Waals surface area contributed by atoms with Crippen molar-refractivity contribution in [3.63, 3.8) is 0 Å². The van der Waals surface area contributed by atoms with Gasteiger partial charge in [-0.15, -0.1) is 0 Å². The Kier molecular flexibility index (Phi) is 14.3. The van der Waals surface area contributed by atoms with Gasteiger partial charge in [-0.3, -0.25) is 4.90 Å². The Bertz CT molecular complexity index is 1920. The predicted octanol–water partition coefficient (Wildman–Crippen LogP) is 3.26. The number of unbranched alkanes of at least 4 members (excludes halogenated alkanes) is 1. The third-order valence-electron chi connectivity index (χ3n) is 9.33. The molecule has 0 bridgehead atoms. The van der Waals surface area contributed by atoms with Crippen molar-refractivity contribution in [2.45, 2.75) is 44.6 Å². The number of ether oxygens (including phenoxy) is 1. The SMILES string of the molecule is CCCCN(CCC[N+](C)(C)Cc1cccc(C)c1)c1cc(C=C2Sc3ccccc3N2C)c2ccc(OC)cc2[n+]1-c1ccccc1.[Br-].[I-]. The van der Waals surface area contributed by atoms with E-state index in [4.69, 9.17) is 4.74 Å². The molecule has 5 nitrogen and oxygen atoms in total. The number of aryl methyl sites for hydroxylation is 1. The topological polar surface area (TPSA) is 19.6 Å². The van der Waals surface area contributed by atoms with Crippen LogP contribution in [0.4, 0.5) is 11.5 Å². The molecule has 1 aromatic heterocycles. The van der Waals surface area contributed by atoms with E-state index in [9.17, 15) is 0 Å². The fraction of sp³-hybridized carbons (Fsp3) is 0.310. The summed E-state index contributed by atoms with van der Waals surface area (Å²) in [5.74, 6) is 2.08. The van der Waals surface area contributed by atoms with Gasteiger partial charge in [-0.1, -0.05) is 85.3 Å². The molecule has 1 aliphatic heterocycles. The molecule has 1 aliphatic rings.